The lowest BCUT2D eigenvalue weighted by Gasteiger charge is -2.07. The van der Waals surface area contributed by atoms with E-state index in [-0.39, 0.29) is 5.16 Å². The predicted molar refractivity (Wildman–Crippen MR) is 55.6 cm³/mol. The highest BCUT2D eigenvalue weighted by Gasteiger charge is 2.20. The zero-order valence-corrected chi connectivity index (χ0v) is 9.95. The molecule has 6 nitrogen and oxygen atoms in total. The minimum atomic E-state index is -3.77. The molecule has 0 radical (unpaired) electrons. The summed E-state index contributed by atoms with van der Waals surface area (Å²) in [6, 6.07) is 0. The second kappa shape index (κ2) is 4.28. The van der Waals surface area contributed by atoms with Crippen molar-refractivity contribution < 1.29 is 8.42 Å². The maximum Gasteiger partial charge on any atom is 0.273 e. The number of rotatable bonds is 4. The SMILES string of the molecule is CCn1c(CC(C)C)nnc1S(N)(=O)=O. The van der Waals surface area contributed by atoms with Crippen molar-refractivity contribution in [3.63, 3.8) is 0 Å². The third-order valence-corrected chi connectivity index (χ3v) is 2.77. The molecule has 0 aromatic carbocycles. The zero-order chi connectivity index (χ0) is 11.6. The maximum absolute atomic E-state index is 11.2. The van der Waals surface area contributed by atoms with Crippen molar-refractivity contribution in [2.24, 2.45) is 11.1 Å². The Bertz CT molecular complexity index is 435. The molecule has 1 aromatic rings. The number of aromatic nitrogens is 3. The van der Waals surface area contributed by atoms with E-state index >= 15 is 0 Å². The Kier molecular flexibility index (Phi) is 3.46. The van der Waals surface area contributed by atoms with Crippen LogP contribution in [0.2, 0.25) is 0 Å². The van der Waals surface area contributed by atoms with Crippen LogP contribution in [-0.4, -0.2) is 23.2 Å². The Hall–Kier alpha value is -0.950. The number of nitrogens with two attached hydrogens (primary N) is 1. The molecule has 1 aromatic heterocycles. The van der Waals surface area contributed by atoms with E-state index < -0.39 is 10.0 Å². The first-order chi connectivity index (χ1) is 6.86. The Balaban J connectivity index is 3.18. The van der Waals surface area contributed by atoms with Gasteiger partial charge in [0.1, 0.15) is 5.82 Å². The summed E-state index contributed by atoms with van der Waals surface area (Å²) in [6.45, 7) is 6.40. The fraction of sp³-hybridized carbons (Fsp3) is 0.750. The van der Waals surface area contributed by atoms with Gasteiger partial charge in [-0.25, -0.2) is 13.6 Å². The van der Waals surface area contributed by atoms with Crippen LogP contribution in [0.5, 0.6) is 0 Å². The average Bonchev–Trinajstić information content (AvgIpc) is 2.45. The first-order valence-corrected chi connectivity index (χ1v) is 6.35. The van der Waals surface area contributed by atoms with Crippen LogP contribution < -0.4 is 5.14 Å². The second-order valence-corrected chi connectivity index (χ2v) is 5.24. The fourth-order valence-corrected chi connectivity index (χ4v) is 2.06. The quantitative estimate of drug-likeness (QED) is 0.799. The Morgan fingerprint density at radius 2 is 2.00 bits per heavy atom. The molecule has 0 aliphatic heterocycles. The molecule has 0 aliphatic rings. The van der Waals surface area contributed by atoms with Crippen LogP contribution in [0.4, 0.5) is 0 Å². The van der Waals surface area contributed by atoms with E-state index in [1.165, 1.54) is 4.57 Å². The van der Waals surface area contributed by atoms with Crippen LogP contribution >= 0.6 is 0 Å². The highest BCUT2D eigenvalue weighted by atomic mass is 32.2. The van der Waals surface area contributed by atoms with Gasteiger partial charge in [0.25, 0.3) is 15.2 Å². The standard InChI is InChI=1S/C8H16N4O2S/c1-4-12-7(5-6(2)3)10-11-8(12)15(9,13)14/h6H,4-5H2,1-3H3,(H2,9,13,14). The smallest absolute Gasteiger partial charge is 0.273 e. The van der Waals surface area contributed by atoms with Crippen LogP contribution in [0, 0.1) is 5.92 Å². The topological polar surface area (TPSA) is 90.9 Å². The molecule has 0 amide bonds. The summed E-state index contributed by atoms with van der Waals surface area (Å²) in [7, 11) is -3.77. The largest absolute Gasteiger partial charge is 0.301 e. The molecule has 0 spiro atoms. The van der Waals surface area contributed by atoms with Crippen molar-refractivity contribution >= 4 is 10.0 Å². The molecule has 15 heavy (non-hydrogen) atoms. The van der Waals surface area contributed by atoms with Gasteiger partial charge in [0.15, 0.2) is 0 Å². The molecule has 0 aliphatic carbocycles. The number of hydrogen-bond donors (Lipinski definition) is 1. The van der Waals surface area contributed by atoms with E-state index in [0.29, 0.717) is 24.7 Å². The van der Waals surface area contributed by atoms with Crippen LogP contribution in [-0.2, 0) is 23.0 Å². The fourth-order valence-electron chi connectivity index (χ4n) is 1.36. The van der Waals surface area contributed by atoms with Gasteiger partial charge in [0, 0.05) is 13.0 Å². The van der Waals surface area contributed by atoms with E-state index in [0.717, 1.165) is 0 Å². The van der Waals surface area contributed by atoms with Gasteiger partial charge in [0.05, 0.1) is 0 Å². The van der Waals surface area contributed by atoms with Gasteiger partial charge in [-0.3, -0.25) is 0 Å². The molecule has 0 saturated heterocycles. The van der Waals surface area contributed by atoms with Crippen molar-refractivity contribution in [2.75, 3.05) is 0 Å². The van der Waals surface area contributed by atoms with E-state index in [4.69, 9.17) is 5.14 Å². The maximum atomic E-state index is 11.2. The van der Waals surface area contributed by atoms with Crippen molar-refractivity contribution in [3.05, 3.63) is 5.82 Å². The van der Waals surface area contributed by atoms with Crippen molar-refractivity contribution in [1.29, 1.82) is 0 Å². The van der Waals surface area contributed by atoms with Crippen molar-refractivity contribution in [1.82, 2.24) is 14.8 Å². The lowest BCUT2D eigenvalue weighted by molar-refractivity contribution is 0.545. The molecule has 1 heterocycles. The van der Waals surface area contributed by atoms with Gasteiger partial charge >= 0.3 is 0 Å². The lowest BCUT2D eigenvalue weighted by atomic mass is 10.1. The van der Waals surface area contributed by atoms with Crippen molar-refractivity contribution in [2.45, 2.75) is 38.9 Å². The predicted octanol–water partition coefficient (Wildman–Crippen LogP) is 0.144. The summed E-state index contributed by atoms with van der Waals surface area (Å²) < 4.78 is 23.9. The van der Waals surface area contributed by atoms with Gasteiger partial charge in [-0.05, 0) is 12.8 Å². The third kappa shape index (κ3) is 2.75. The molecular formula is C8H16N4O2S. The van der Waals surface area contributed by atoms with E-state index in [1.54, 1.807) is 0 Å². The van der Waals surface area contributed by atoms with E-state index in [2.05, 4.69) is 10.2 Å². The summed E-state index contributed by atoms with van der Waals surface area (Å²) in [6.07, 6.45) is 0.691. The summed E-state index contributed by atoms with van der Waals surface area (Å²) in [5, 5.41) is 12.3. The van der Waals surface area contributed by atoms with E-state index in [9.17, 15) is 8.42 Å². The summed E-state index contributed by atoms with van der Waals surface area (Å²) in [5.41, 5.74) is 0. The van der Waals surface area contributed by atoms with Gasteiger partial charge in [-0.15, -0.1) is 10.2 Å². The molecule has 0 atom stereocenters. The Labute approximate surface area is 89.5 Å². The summed E-state index contributed by atoms with van der Waals surface area (Å²) >= 11 is 0. The first kappa shape index (κ1) is 12.1. The van der Waals surface area contributed by atoms with Crippen molar-refractivity contribution in [3.8, 4) is 0 Å². The van der Waals surface area contributed by atoms with Crippen LogP contribution in [0.15, 0.2) is 5.16 Å². The lowest BCUT2D eigenvalue weighted by Crippen LogP contribution is -2.19. The Morgan fingerprint density at radius 3 is 2.40 bits per heavy atom. The monoisotopic (exact) mass is 232 g/mol. The van der Waals surface area contributed by atoms with Gasteiger partial charge in [-0.2, -0.15) is 0 Å². The molecule has 0 unspecified atom stereocenters. The molecule has 86 valence electrons. The molecule has 0 saturated carbocycles. The molecule has 7 heteroatoms. The van der Waals surface area contributed by atoms with Gasteiger partial charge in [0.2, 0.25) is 0 Å². The average molecular weight is 232 g/mol. The van der Waals surface area contributed by atoms with Crippen LogP contribution in [0.3, 0.4) is 0 Å². The van der Waals surface area contributed by atoms with Gasteiger partial charge in [-0.1, -0.05) is 13.8 Å². The Morgan fingerprint density at radius 1 is 1.40 bits per heavy atom. The molecule has 0 fully saturated rings. The first-order valence-electron chi connectivity index (χ1n) is 4.81. The molecule has 2 N–H and O–H groups in total. The number of nitrogens with zero attached hydrogens (tertiary/aromatic N) is 3. The third-order valence-electron chi connectivity index (χ3n) is 1.95. The van der Waals surface area contributed by atoms with Crippen LogP contribution in [0.25, 0.3) is 0 Å². The van der Waals surface area contributed by atoms with Crippen LogP contribution in [0.1, 0.15) is 26.6 Å². The number of primary sulfonamides is 1. The molecule has 0 bridgehead atoms. The minimum absolute atomic E-state index is 0.152. The zero-order valence-electron chi connectivity index (χ0n) is 9.14. The summed E-state index contributed by atoms with van der Waals surface area (Å²) in [5.74, 6) is 1.06. The summed E-state index contributed by atoms with van der Waals surface area (Å²) in [4.78, 5) is 0. The van der Waals surface area contributed by atoms with Gasteiger partial charge < -0.3 is 4.57 Å². The number of sulfonamides is 1. The minimum Gasteiger partial charge on any atom is -0.301 e. The second-order valence-electron chi connectivity index (χ2n) is 3.79. The normalized spacial score (nSPS) is 12.3. The molecule has 1 rings (SSSR count). The highest BCUT2D eigenvalue weighted by molar-refractivity contribution is 7.89. The molecular weight excluding hydrogens is 216 g/mol. The van der Waals surface area contributed by atoms with E-state index in [1.807, 2.05) is 20.8 Å². The highest BCUT2D eigenvalue weighted by Crippen LogP contribution is 2.10. The number of hydrogen-bond acceptors (Lipinski definition) is 4.